The zero-order valence-electron chi connectivity index (χ0n) is 18.3. The first-order chi connectivity index (χ1) is 15.2. The molecule has 2 aromatic rings. The standard InChI is InChI=1S/C24H25ClN2O5/c1-23(2)31-21(28)24(22(29)32-23)13-15-4-5-16(25)12-19(15)27-11-10-26(14-20(24)27)17-6-8-18(30-3)9-7-17/h4-9,12,20H,10-11,13-14H2,1-3H3. The summed E-state index contributed by atoms with van der Waals surface area (Å²) in [6.45, 7) is 4.96. The lowest BCUT2D eigenvalue weighted by Crippen LogP contribution is -2.71. The van der Waals surface area contributed by atoms with Crippen LogP contribution in [0, 0.1) is 5.41 Å². The van der Waals surface area contributed by atoms with Gasteiger partial charge in [-0.3, -0.25) is 9.59 Å². The second-order valence-corrected chi connectivity index (χ2v) is 9.39. The van der Waals surface area contributed by atoms with Gasteiger partial charge in [0.15, 0.2) is 5.41 Å². The largest absolute Gasteiger partial charge is 0.497 e. The minimum absolute atomic E-state index is 0.213. The Morgan fingerprint density at radius 3 is 2.38 bits per heavy atom. The summed E-state index contributed by atoms with van der Waals surface area (Å²) in [6.07, 6.45) is 0.213. The van der Waals surface area contributed by atoms with Crippen molar-refractivity contribution in [2.75, 3.05) is 36.5 Å². The zero-order chi connectivity index (χ0) is 22.7. The number of carbonyl (C=O) groups excluding carboxylic acids is 2. The topological polar surface area (TPSA) is 68.3 Å². The number of nitrogens with zero attached hydrogens (tertiary/aromatic N) is 2. The van der Waals surface area contributed by atoms with Gasteiger partial charge in [-0.1, -0.05) is 17.7 Å². The van der Waals surface area contributed by atoms with Crippen molar-refractivity contribution in [2.24, 2.45) is 5.41 Å². The smallest absolute Gasteiger partial charge is 0.329 e. The second kappa shape index (κ2) is 7.30. The molecule has 0 bridgehead atoms. The fourth-order valence-corrected chi connectivity index (χ4v) is 5.21. The van der Waals surface area contributed by atoms with Crippen LogP contribution >= 0.6 is 11.6 Å². The SMILES string of the molecule is COc1ccc(N2CCN3c4cc(Cl)ccc4CC4(C(=O)OC(C)(C)OC4=O)C3C2)cc1. The van der Waals surface area contributed by atoms with Gasteiger partial charge in [0.25, 0.3) is 5.79 Å². The Kier molecular flexibility index (Phi) is 4.78. The van der Waals surface area contributed by atoms with Crippen LogP contribution in [-0.2, 0) is 25.5 Å². The summed E-state index contributed by atoms with van der Waals surface area (Å²) in [6, 6.07) is 12.9. The van der Waals surface area contributed by atoms with Gasteiger partial charge < -0.3 is 24.0 Å². The van der Waals surface area contributed by atoms with Crippen molar-refractivity contribution in [1.82, 2.24) is 0 Å². The summed E-state index contributed by atoms with van der Waals surface area (Å²) in [7, 11) is 1.63. The van der Waals surface area contributed by atoms with Crippen LogP contribution in [0.4, 0.5) is 11.4 Å². The number of hydrogen-bond donors (Lipinski definition) is 0. The zero-order valence-corrected chi connectivity index (χ0v) is 19.0. The van der Waals surface area contributed by atoms with E-state index >= 15 is 0 Å². The maximum atomic E-state index is 13.4. The molecule has 5 rings (SSSR count). The van der Waals surface area contributed by atoms with Gasteiger partial charge in [0.1, 0.15) is 5.75 Å². The van der Waals surface area contributed by atoms with Gasteiger partial charge >= 0.3 is 11.9 Å². The van der Waals surface area contributed by atoms with Crippen molar-refractivity contribution >= 4 is 34.9 Å². The molecule has 168 valence electrons. The molecule has 3 aliphatic rings. The summed E-state index contributed by atoms with van der Waals surface area (Å²) < 4.78 is 16.5. The second-order valence-electron chi connectivity index (χ2n) is 8.95. The van der Waals surface area contributed by atoms with Gasteiger partial charge in [0.2, 0.25) is 0 Å². The van der Waals surface area contributed by atoms with Crippen LogP contribution < -0.4 is 14.5 Å². The molecule has 0 radical (unpaired) electrons. The van der Waals surface area contributed by atoms with Gasteiger partial charge in [-0.25, -0.2) is 0 Å². The van der Waals surface area contributed by atoms with Crippen LogP contribution in [0.2, 0.25) is 5.02 Å². The maximum absolute atomic E-state index is 13.4. The third kappa shape index (κ3) is 3.18. The maximum Gasteiger partial charge on any atom is 0.329 e. The van der Waals surface area contributed by atoms with E-state index in [4.69, 9.17) is 25.8 Å². The predicted octanol–water partition coefficient (Wildman–Crippen LogP) is 3.42. The number of carbonyl (C=O) groups is 2. The van der Waals surface area contributed by atoms with E-state index < -0.39 is 29.2 Å². The highest BCUT2D eigenvalue weighted by molar-refractivity contribution is 6.31. The number of anilines is 2. The summed E-state index contributed by atoms with van der Waals surface area (Å²) in [5, 5.41) is 0.617. The van der Waals surface area contributed by atoms with E-state index in [1.54, 1.807) is 27.0 Å². The van der Waals surface area contributed by atoms with Crippen LogP contribution in [0.1, 0.15) is 19.4 Å². The fourth-order valence-electron chi connectivity index (χ4n) is 5.04. The van der Waals surface area contributed by atoms with E-state index in [1.807, 2.05) is 36.4 Å². The molecule has 0 aliphatic carbocycles. The normalized spacial score (nSPS) is 23.2. The molecule has 7 nitrogen and oxygen atoms in total. The average molecular weight is 457 g/mol. The number of rotatable bonds is 2. The number of piperazine rings is 1. The first kappa shape index (κ1) is 20.9. The Labute approximate surface area is 191 Å². The molecule has 1 spiro atoms. The lowest BCUT2D eigenvalue weighted by molar-refractivity contribution is -0.253. The number of ether oxygens (including phenoxy) is 3. The van der Waals surface area contributed by atoms with Crippen LogP contribution in [0.5, 0.6) is 5.75 Å². The lowest BCUT2D eigenvalue weighted by Gasteiger charge is -2.55. The first-order valence-electron chi connectivity index (χ1n) is 10.6. The number of esters is 2. The van der Waals surface area contributed by atoms with E-state index in [0.29, 0.717) is 18.1 Å². The van der Waals surface area contributed by atoms with Crippen molar-refractivity contribution in [1.29, 1.82) is 0 Å². The Balaban J connectivity index is 1.58. The molecule has 2 saturated heterocycles. The van der Waals surface area contributed by atoms with E-state index in [-0.39, 0.29) is 6.42 Å². The highest BCUT2D eigenvalue weighted by atomic mass is 35.5. The van der Waals surface area contributed by atoms with Crippen molar-refractivity contribution in [3.8, 4) is 5.75 Å². The minimum atomic E-state index is -1.44. The summed E-state index contributed by atoms with van der Waals surface area (Å²) in [4.78, 5) is 31.2. The highest BCUT2D eigenvalue weighted by Gasteiger charge is 2.64. The lowest BCUT2D eigenvalue weighted by atomic mass is 9.69. The third-order valence-electron chi connectivity index (χ3n) is 6.62. The van der Waals surface area contributed by atoms with Crippen molar-refractivity contribution in [3.63, 3.8) is 0 Å². The quantitative estimate of drug-likeness (QED) is 0.506. The van der Waals surface area contributed by atoms with Gasteiger partial charge in [-0.05, 0) is 42.0 Å². The fraction of sp³-hybridized carbons (Fsp3) is 0.417. The van der Waals surface area contributed by atoms with Crippen LogP contribution in [0.15, 0.2) is 42.5 Å². The number of benzene rings is 2. The van der Waals surface area contributed by atoms with Gasteiger partial charge in [-0.15, -0.1) is 0 Å². The summed E-state index contributed by atoms with van der Waals surface area (Å²) in [5.41, 5.74) is 1.39. The van der Waals surface area contributed by atoms with Gasteiger partial charge in [0.05, 0.1) is 13.2 Å². The first-order valence-corrected chi connectivity index (χ1v) is 11.0. The number of fused-ring (bicyclic) bond motifs is 4. The molecule has 1 unspecified atom stereocenters. The molecule has 0 N–H and O–H groups in total. The molecule has 0 amide bonds. The van der Waals surface area contributed by atoms with E-state index in [2.05, 4.69) is 9.80 Å². The molecule has 32 heavy (non-hydrogen) atoms. The number of methoxy groups -OCH3 is 1. The van der Waals surface area contributed by atoms with Crippen molar-refractivity contribution < 1.29 is 23.8 Å². The molecule has 0 saturated carbocycles. The molecule has 0 aromatic heterocycles. The summed E-state index contributed by atoms with van der Waals surface area (Å²) >= 11 is 6.30. The van der Waals surface area contributed by atoms with E-state index in [0.717, 1.165) is 29.2 Å². The number of cyclic esters (lactones) is 2. The minimum Gasteiger partial charge on any atom is -0.497 e. The van der Waals surface area contributed by atoms with Crippen LogP contribution in [0.25, 0.3) is 0 Å². The molecule has 3 heterocycles. The average Bonchev–Trinajstić information content (AvgIpc) is 2.76. The molecular weight excluding hydrogens is 432 g/mol. The molecule has 1 atom stereocenters. The predicted molar refractivity (Wildman–Crippen MR) is 120 cm³/mol. The molecule has 2 fully saturated rings. The number of halogens is 1. The van der Waals surface area contributed by atoms with Crippen molar-refractivity contribution in [2.45, 2.75) is 32.1 Å². The Bertz CT molecular complexity index is 1060. The van der Waals surface area contributed by atoms with E-state index in [1.165, 1.54) is 0 Å². The van der Waals surface area contributed by atoms with Gasteiger partial charge in [-0.2, -0.15) is 0 Å². The molecular formula is C24H25ClN2O5. The highest BCUT2D eigenvalue weighted by Crippen LogP contribution is 2.48. The summed E-state index contributed by atoms with van der Waals surface area (Å²) in [5.74, 6) is -1.59. The Morgan fingerprint density at radius 1 is 1.03 bits per heavy atom. The van der Waals surface area contributed by atoms with E-state index in [9.17, 15) is 9.59 Å². The van der Waals surface area contributed by atoms with Crippen LogP contribution in [0.3, 0.4) is 0 Å². The van der Waals surface area contributed by atoms with Crippen LogP contribution in [-0.4, -0.2) is 50.5 Å². The molecule has 8 heteroatoms. The third-order valence-corrected chi connectivity index (χ3v) is 6.85. The Hall–Kier alpha value is -2.93. The molecule has 2 aromatic carbocycles. The monoisotopic (exact) mass is 456 g/mol. The van der Waals surface area contributed by atoms with Crippen molar-refractivity contribution in [3.05, 3.63) is 53.1 Å². The molecule has 3 aliphatic heterocycles. The Morgan fingerprint density at radius 2 is 1.72 bits per heavy atom. The number of hydrogen-bond acceptors (Lipinski definition) is 7. The van der Waals surface area contributed by atoms with Gasteiger partial charge in [0, 0.05) is 56.3 Å².